The first-order valence-electron chi connectivity index (χ1n) is 2.46. The molecule has 0 atom stereocenters. The Balaban J connectivity index is 0. The van der Waals surface area contributed by atoms with Gasteiger partial charge in [0.25, 0.3) is 0 Å². The molecule has 10 heavy (non-hydrogen) atoms. The molecule has 0 bridgehead atoms. The van der Waals surface area contributed by atoms with Crippen LogP contribution in [0.5, 0.6) is 0 Å². The Morgan fingerprint density at radius 3 is 2.40 bits per heavy atom. The molecule has 0 radical (unpaired) electrons. The van der Waals surface area contributed by atoms with Gasteiger partial charge in [0, 0.05) is 5.57 Å². The maximum atomic E-state index is 9.87. The Morgan fingerprint density at radius 2 is 2.10 bits per heavy atom. The van der Waals surface area contributed by atoms with Crippen LogP contribution in [-0.2, 0) is 4.79 Å². The average molecular weight is 142 g/mol. The predicted molar refractivity (Wildman–Crippen MR) is 36.6 cm³/mol. The van der Waals surface area contributed by atoms with E-state index in [4.69, 9.17) is 10.4 Å². The molecule has 0 aliphatic heterocycles. The molecule has 56 valence electrons. The minimum Gasteiger partial charge on any atom is -0.481 e. The van der Waals surface area contributed by atoms with Crippen molar-refractivity contribution in [1.29, 1.82) is 5.26 Å². The third-order valence-electron chi connectivity index (χ3n) is 0.799. The molecule has 0 aliphatic carbocycles. The van der Waals surface area contributed by atoms with Gasteiger partial charge in [-0.2, -0.15) is 5.26 Å². The van der Waals surface area contributed by atoms with Gasteiger partial charge in [-0.25, -0.2) is 0 Å². The largest absolute Gasteiger partial charge is 0.481 e. The lowest BCUT2D eigenvalue weighted by Gasteiger charge is -1.88. The van der Waals surface area contributed by atoms with E-state index in [0.717, 1.165) is 0 Å². The minimum atomic E-state index is -0.897. The molecule has 4 heteroatoms. The standard InChI is InChI=1S/C6H7NO2.H3N/c1-5(4-7)2-3-6(8)9;/h1-3H2,(H,8,9);1H3. The number of carbonyl (C=O) groups is 1. The maximum Gasteiger partial charge on any atom is 0.303 e. The van der Waals surface area contributed by atoms with E-state index in [9.17, 15) is 4.79 Å². The zero-order chi connectivity index (χ0) is 7.28. The smallest absolute Gasteiger partial charge is 0.303 e. The second-order valence-corrected chi connectivity index (χ2v) is 1.61. The van der Waals surface area contributed by atoms with Crippen LogP contribution in [0.2, 0.25) is 0 Å². The van der Waals surface area contributed by atoms with Crippen LogP contribution in [0.15, 0.2) is 12.2 Å². The maximum absolute atomic E-state index is 9.87. The third-order valence-corrected chi connectivity index (χ3v) is 0.799. The van der Waals surface area contributed by atoms with Crippen LogP contribution in [0.3, 0.4) is 0 Å². The van der Waals surface area contributed by atoms with Crippen LogP contribution >= 0.6 is 0 Å². The Hall–Kier alpha value is -1.34. The van der Waals surface area contributed by atoms with Crippen LogP contribution in [-0.4, -0.2) is 11.1 Å². The van der Waals surface area contributed by atoms with Crippen LogP contribution in [0.4, 0.5) is 0 Å². The SMILES string of the molecule is C=C(C#N)CCC(=O)O.N. The molecule has 4 nitrogen and oxygen atoms in total. The first kappa shape index (κ1) is 11.5. The quantitative estimate of drug-likeness (QED) is 0.576. The average Bonchev–Trinajstić information content (AvgIpc) is 1.83. The van der Waals surface area contributed by atoms with Crippen molar-refractivity contribution in [2.45, 2.75) is 12.8 Å². The summed E-state index contributed by atoms with van der Waals surface area (Å²) < 4.78 is 0. The van der Waals surface area contributed by atoms with E-state index in [1.165, 1.54) is 0 Å². The van der Waals surface area contributed by atoms with Gasteiger partial charge in [-0.15, -0.1) is 0 Å². The van der Waals surface area contributed by atoms with Gasteiger partial charge in [0.15, 0.2) is 0 Å². The number of hydrogen-bond acceptors (Lipinski definition) is 3. The van der Waals surface area contributed by atoms with Crippen molar-refractivity contribution in [2.24, 2.45) is 0 Å². The zero-order valence-corrected chi connectivity index (χ0v) is 5.63. The molecule has 0 rings (SSSR count). The Kier molecular flexibility index (Phi) is 6.63. The van der Waals surface area contributed by atoms with Crippen molar-refractivity contribution in [3.05, 3.63) is 12.2 Å². The molecule has 0 fully saturated rings. The topological polar surface area (TPSA) is 96.1 Å². The number of nitriles is 1. The van der Waals surface area contributed by atoms with Crippen molar-refractivity contribution >= 4 is 5.97 Å². The van der Waals surface area contributed by atoms with Crippen molar-refractivity contribution < 1.29 is 9.90 Å². The van der Waals surface area contributed by atoms with Gasteiger partial charge >= 0.3 is 5.97 Å². The van der Waals surface area contributed by atoms with E-state index in [2.05, 4.69) is 6.58 Å². The molecular formula is C6H10N2O2. The van der Waals surface area contributed by atoms with Crippen molar-refractivity contribution in [2.75, 3.05) is 0 Å². The Morgan fingerprint density at radius 1 is 1.60 bits per heavy atom. The Labute approximate surface area is 59.4 Å². The second kappa shape index (κ2) is 5.79. The molecular weight excluding hydrogens is 132 g/mol. The molecule has 0 saturated heterocycles. The highest BCUT2D eigenvalue weighted by Gasteiger charge is 1.97. The fraction of sp³-hybridized carbons (Fsp3) is 0.333. The summed E-state index contributed by atoms with van der Waals surface area (Å²) in [5.41, 5.74) is 0.317. The van der Waals surface area contributed by atoms with Gasteiger partial charge in [-0.05, 0) is 6.42 Å². The first-order valence-corrected chi connectivity index (χ1v) is 2.46. The number of hydrogen-bond donors (Lipinski definition) is 2. The predicted octanol–water partition coefficient (Wildman–Crippen LogP) is 1.09. The Bertz CT molecular complexity index is 169. The number of aliphatic carboxylic acids is 1. The summed E-state index contributed by atoms with van der Waals surface area (Å²) >= 11 is 0. The van der Waals surface area contributed by atoms with E-state index in [1.54, 1.807) is 6.07 Å². The number of allylic oxidation sites excluding steroid dienone is 1. The van der Waals surface area contributed by atoms with E-state index in [0.29, 0.717) is 5.57 Å². The highest BCUT2D eigenvalue weighted by atomic mass is 16.4. The second-order valence-electron chi connectivity index (χ2n) is 1.61. The first-order chi connectivity index (χ1) is 4.16. The van der Waals surface area contributed by atoms with Gasteiger partial charge in [0.05, 0.1) is 12.5 Å². The minimum absolute atomic E-state index is 0. The molecule has 0 amide bonds. The van der Waals surface area contributed by atoms with Crippen molar-refractivity contribution in [3.8, 4) is 6.07 Å². The van der Waals surface area contributed by atoms with E-state index >= 15 is 0 Å². The van der Waals surface area contributed by atoms with Gasteiger partial charge < -0.3 is 11.3 Å². The number of rotatable bonds is 3. The van der Waals surface area contributed by atoms with Gasteiger partial charge in [-0.1, -0.05) is 6.58 Å². The summed E-state index contributed by atoms with van der Waals surface area (Å²) in [4.78, 5) is 9.87. The number of carboxylic acid groups (broad SMARTS) is 1. The van der Waals surface area contributed by atoms with Crippen LogP contribution < -0.4 is 6.15 Å². The molecule has 0 aromatic carbocycles. The fourth-order valence-electron chi connectivity index (χ4n) is 0.314. The number of carboxylic acids is 1. The molecule has 0 unspecified atom stereocenters. The summed E-state index contributed by atoms with van der Waals surface area (Å²) in [7, 11) is 0. The lowest BCUT2D eigenvalue weighted by atomic mass is 10.2. The highest BCUT2D eigenvalue weighted by molar-refractivity contribution is 5.67. The summed E-state index contributed by atoms with van der Waals surface area (Å²) in [6.07, 6.45) is 0.248. The molecule has 0 aliphatic rings. The van der Waals surface area contributed by atoms with Crippen LogP contribution in [0.1, 0.15) is 12.8 Å². The summed E-state index contributed by atoms with van der Waals surface area (Å²) in [5, 5.41) is 16.2. The van der Waals surface area contributed by atoms with Gasteiger partial charge in [0.1, 0.15) is 0 Å². The molecule has 0 heterocycles. The summed E-state index contributed by atoms with van der Waals surface area (Å²) in [5.74, 6) is -0.897. The molecule has 0 aromatic heterocycles. The summed E-state index contributed by atoms with van der Waals surface area (Å²) in [6, 6.07) is 1.76. The van der Waals surface area contributed by atoms with Crippen LogP contribution in [0, 0.1) is 11.3 Å². The lowest BCUT2D eigenvalue weighted by molar-refractivity contribution is -0.136. The van der Waals surface area contributed by atoms with Crippen molar-refractivity contribution in [3.63, 3.8) is 0 Å². The third kappa shape index (κ3) is 6.66. The zero-order valence-electron chi connectivity index (χ0n) is 5.63. The monoisotopic (exact) mass is 142 g/mol. The molecule has 0 spiro atoms. The fourth-order valence-corrected chi connectivity index (χ4v) is 0.314. The highest BCUT2D eigenvalue weighted by Crippen LogP contribution is 1.98. The van der Waals surface area contributed by atoms with Crippen molar-refractivity contribution in [1.82, 2.24) is 6.15 Å². The molecule has 4 N–H and O–H groups in total. The van der Waals surface area contributed by atoms with Gasteiger partial charge in [0.2, 0.25) is 0 Å². The summed E-state index contributed by atoms with van der Waals surface area (Å²) in [6.45, 7) is 3.32. The molecule has 0 saturated carbocycles. The van der Waals surface area contributed by atoms with Gasteiger partial charge in [-0.3, -0.25) is 4.79 Å². The normalized spacial score (nSPS) is 7.10. The number of nitrogens with zero attached hydrogens (tertiary/aromatic N) is 1. The molecule has 0 aromatic rings. The van der Waals surface area contributed by atoms with E-state index < -0.39 is 5.97 Å². The van der Waals surface area contributed by atoms with E-state index in [1.807, 2.05) is 0 Å². The van der Waals surface area contributed by atoms with E-state index in [-0.39, 0.29) is 19.0 Å². The van der Waals surface area contributed by atoms with Crippen LogP contribution in [0.25, 0.3) is 0 Å². The lowest BCUT2D eigenvalue weighted by Crippen LogP contribution is -1.93.